The standard InChI is InChI=1S/C28H28N2O5/c1-2-16-30(17-25(31)32)27(33)26(19-10-4-3-5-11-19)29-28(34)35-18-24-22-14-8-6-12-20(22)21-13-7-9-15-23(21)24/h3-15,24,26H,2,16-18H2,1H3,(H,29,34)(H,31,32)/t26-/m0/s1. The number of carbonyl (C=O) groups excluding carboxylic acids is 2. The second-order valence-corrected chi connectivity index (χ2v) is 8.47. The monoisotopic (exact) mass is 472 g/mol. The number of ether oxygens (including phenoxy) is 1. The average Bonchev–Trinajstić information content (AvgIpc) is 3.19. The van der Waals surface area contributed by atoms with Crippen molar-refractivity contribution in [1.29, 1.82) is 0 Å². The van der Waals surface area contributed by atoms with Gasteiger partial charge in [0.05, 0.1) is 0 Å². The van der Waals surface area contributed by atoms with E-state index in [0.717, 1.165) is 22.3 Å². The molecule has 0 bridgehead atoms. The molecule has 0 aliphatic heterocycles. The lowest BCUT2D eigenvalue weighted by Gasteiger charge is -2.26. The molecule has 7 nitrogen and oxygen atoms in total. The van der Waals surface area contributed by atoms with Gasteiger partial charge in [0.2, 0.25) is 5.91 Å². The van der Waals surface area contributed by atoms with Crippen LogP contribution in [0.15, 0.2) is 78.9 Å². The van der Waals surface area contributed by atoms with Gasteiger partial charge in [-0.15, -0.1) is 0 Å². The summed E-state index contributed by atoms with van der Waals surface area (Å²) in [6.45, 7) is 1.80. The maximum absolute atomic E-state index is 13.3. The Hall–Kier alpha value is -4.13. The highest BCUT2D eigenvalue weighted by molar-refractivity contribution is 5.89. The van der Waals surface area contributed by atoms with Crippen molar-refractivity contribution in [2.75, 3.05) is 19.7 Å². The maximum Gasteiger partial charge on any atom is 0.408 e. The van der Waals surface area contributed by atoms with Gasteiger partial charge in [0, 0.05) is 12.5 Å². The van der Waals surface area contributed by atoms with E-state index in [4.69, 9.17) is 4.74 Å². The van der Waals surface area contributed by atoms with Crippen LogP contribution in [-0.4, -0.2) is 47.7 Å². The molecule has 0 unspecified atom stereocenters. The quantitative estimate of drug-likeness (QED) is 0.475. The third-order valence-corrected chi connectivity index (χ3v) is 6.12. The lowest BCUT2D eigenvalue weighted by Crippen LogP contribution is -2.45. The number of carboxylic acids is 1. The lowest BCUT2D eigenvalue weighted by molar-refractivity contribution is -0.145. The Kier molecular flexibility index (Phi) is 7.45. The van der Waals surface area contributed by atoms with Crippen molar-refractivity contribution in [3.05, 3.63) is 95.6 Å². The first-order chi connectivity index (χ1) is 17.0. The molecule has 7 heteroatoms. The molecule has 180 valence electrons. The Morgan fingerprint density at radius 3 is 2.06 bits per heavy atom. The first-order valence-corrected chi connectivity index (χ1v) is 11.7. The van der Waals surface area contributed by atoms with Gasteiger partial charge < -0.3 is 20.1 Å². The lowest BCUT2D eigenvalue weighted by atomic mass is 9.98. The van der Waals surface area contributed by atoms with Gasteiger partial charge in [-0.25, -0.2) is 4.79 Å². The van der Waals surface area contributed by atoms with Crippen LogP contribution in [0.3, 0.4) is 0 Å². The highest BCUT2D eigenvalue weighted by Gasteiger charge is 2.31. The number of hydrogen-bond donors (Lipinski definition) is 2. The summed E-state index contributed by atoms with van der Waals surface area (Å²) >= 11 is 0. The zero-order valence-corrected chi connectivity index (χ0v) is 19.5. The minimum atomic E-state index is -1.11. The Morgan fingerprint density at radius 1 is 0.914 bits per heavy atom. The fourth-order valence-electron chi connectivity index (χ4n) is 4.57. The van der Waals surface area contributed by atoms with Crippen molar-refractivity contribution in [3.8, 4) is 11.1 Å². The largest absolute Gasteiger partial charge is 0.480 e. The molecule has 0 saturated heterocycles. The highest BCUT2D eigenvalue weighted by Crippen LogP contribution is 2.44. The normalized spacial score (nSPS) is 12.8. The van der Waals surface area contributed by atoms with Crippen molar-refractivity contribution in [2.45, 2.75) is 25.3 Å². The minimum Gasteiger partial charge on any atom is -0.480 e. The number of carbonyl (C=O) groups is 3. The number of nitrogens with zero attached hydrogens (tertiary/aromatic N) is 1. The summed E-state index contributed by atoms with van der Waals surface area (Å²) in [5.74, 6) is -1.71. The number of benzene rings is 3. The number of amides is 2. The Bertz CT molecular complexity index is 1170. The van der Waals surface area contributed by atoms with Crippen LogP contribution >= 0.6 is 0 Å². The topological polar surface area (TPSA) is 95.9 Å². The van der Waals surface area contributed by atoms with E-state index in [9.17, 15) is 19.5 Å². The Morgan fingerprint density at radius 2 is 1.49 bits per heavy atom. The summed E-state index contributed by atoms with van der Waals surface area (Å²) in [5.41, 5.74) is 4.98. The second kappa shape index (κ2) is 10.9. The Balaban J connectivity index is 1.51. The fourth-order valence-corrected chi connectivity index (χ4v) is 4.57. The van der Waals surface area contributed by atoms with Crippen molar-refractivity contribution >= 4 is 18.0 Å². The number of rotatable bonds is 9. The molecule has 2 N–H and O–H groups in total. The van der Waals surface area contributed by atoms with Crippen LogP contribution in [0.25, 0.3) is 11.1 Å². The molecule has 4 rings (SSSR count). The van der Waals surface area contributed by atoms with Crippen molar-refractivity contribution < 1.29 is 24.2 Å². The van der Waals surface area contributed by atoms with E-state index in [1.807, 2.05) is 43.3 Å². The minimum absolute atomic E-state index is 0.109. The zero-order chi connectivity index (χ0) is 24.8. The molecule has 0 aromatic heterocycles. The first kappa shape index (κ1) is 24.0. The van der Waals surface area contributed by atoms with Gasteiger partial charge in [-0.05, 0) is 34.2 Å². The molecular formula is C28H28N2O5. The van der Waals surface area contributed by atoms with E-state index in [-0.39, 0.29) is 19.1 Å². The van der Waals surface area contributed by atoms with Gasteiger partial charge in [-0.1, -0.05) is 85.8 Å². The van der Waals surface area contributed by atoms with E-state index < -0.39 is 30.6 Å². The summed E-state index contributed by atoms with van der Waals surface area (Å²) < 4.78 is 5.63. The molecule has 0 saturated carbocycles. The summed E-state index contributed by atoms with van der Waals surface area (Å²) in [6.07, 6.45) is -0.147. The van der Waals surface area contributed by atoms with Gasteiger partial charge >= 0.3 is 12.1 Å². The molecule has 0 fully saturated rings. The van der Waals surface area contributed by atoms with E-state index in [1.54, 1.807) is 30.3 Å². The van der Waals surface area contributed by atoms with Crippen molar-refractivity contribution in [1.82, 2.24) is 10.2 Å². The number of carboxylic acid groups (broad SMARTS) is 1. The maximum atomic E-state index is 13.3. The van der Waals surface area contributed by atoms with Crippen LogP contribution in [-0.2, 0) is 14.3 Å². The molecule has 3 aromatic carbocycles. The van der Waals surface area contributed by atoms with Gasteiger partial charge in [0.1, 0.15) is 19.2 Å². The van der Waals surface area contributed by atoms with Gasteiger partial charge in [0.15, 0.2) is 0 Å². The van der Waals surface area contributed by atoms with Crippen LogP contribution in [0.2, 0.25) is 0 Å². The number of alkyl carbamates (subject to hydrolysis) is 1. The van der Waals surface area contributed by atoms with Crippen molar-refractivity contribution in [2.24, 2.45) is 0 Å². The van der Waals surface area contributed by atoms with Gasteiger partial charge in [0.25, 0.3) is 0 Å². The van der Waals surface area contributed by atoms with E-state index in [0.29, 0.717) is 12.0 Å². The van der Waals surface area contributed by atoms with Crippen LogP contribution in [0.4, 0.5) is 4.79 Å². The predicted octanol–water partition coefficient (Wildman–Crippen LogP) is 4.59. The molecule has 1 aliphatic rings. The third-order valence-electron chi connectivity index (χ3n) is 6.12. The van der Waals surface area contributed by atoms with Crippen LogP contribution in [0.5, 0.6) is 0 Å². The molecule has 3 aromatic rings. The SMILES string of the molecule is CCCN(CC(=O)O)C(=O)[C@@H](NC(=O)OCC1c2ccccc2-c2ccccc21)c1ccccc1. The molecule has 0 spiro atoms. The number of fused-ring (bicyclic) bond motifs is 3. The van der Waals surface area contributed by atoms with E-state index in [1.165, 1.54) is 4.90 Å². The Labute approximate surface area is 204 Å². The highest BCUT2D eigenvalue weighted by atomic mass is 16.5. The van der Waals surface area contributed by atoms with Gasteiger partial charge in [-0.2, -0.15) is 0 Å². The van der Waals surface area contributed by atoms with Gasteiger partial charge in [-0.3, -0.25) is 9.59 Å². The molecule has 2 amide bonds. The third kappa shape index (κ3) is 5.35. The van der Waals surface area contributed by atoms with E-state index >= 15 is 0 Å². The molecule has 0 radical (unpaired) electrons. The van der Waals surface area contributed by atoms with Crippen molar-refractivity contribution in [3.63, 3.8) is 0 Å². The molecular weight excluding hydrogens is 444 g/mol. The molecule has 1 aliphatic carbocycles. The molecule has 0 heterocycles. The summed E-state index contributed by atoms with van der Waals surface area (Å²) in [7, 11) is 0. The van der Waals surface area contributed by atoms with Crippen LogP contribution < -0.4 is 5.32 Å². The smallest absolute Gasteiger partial charge is 0.408 e. The van der Waals surface area contributed by atoms with E-state index in [2.05, 4.69) is 17.4 Å². The molecule has 1 atom stereocenters. The average molecular weight is 473 g/mol. The first-order valence-electron chi connectivity index (χ1n) is 11.7. The summed E-state index contributed by atoms with van der Waals surface area (Å²) in [5, 5.41) is 11.9. The summed E-state index contributed by atoms with van der Waals surface area (Å²) in [6, 6.07) is 23.8. The zero-order valence-electron chi connectivity index (χ0n) is 19.5. The van der Waals surface area contributed by atoms with Crippen LogP contribution in [0.1, 0.15) is 42.0 Å². The predicted molar refractivity (Wildman–Crippen MR) is 132 cm³/mol. The second-order valence-electron chi connectivity index (χ2n) is 8.47. The number of nitrogens with one attached hydrogen (secondary N) is 1. The molecule has 35 heavy (non-hydrogen) atoms. The summed E-state index contributed by atoms with van der Waals surface area (Å²) in [4.78, 5) is 38.7. The van der Waals surface area contributed by atoms with Crippen LogP contribution in [0, 0.1) is 0 Å². The number of aliphatic carboxylic acids is 1. The number of hydrogen-bond acceptors (Lipinski definition) is 4. The fraction of sp³-hybridized carbons (Fsp3) is 0.250.